The molecule has 8 heteroatoms. The Kier molecular flexibility index (Phi) is 5.35. The molecule has 0 radical (unpaired) electrons. The Hall–Kier alpha value is -3.13. The molecule has 3 aromatic carbocycles. The highest BCUT2D eigenvalue weighted by Crippen LogP contribution is 2.34. The Labute approximate surface area is 176 Å². The molecule has 2 N–H and O–H groups in total. The second kappa shape index (κ2) is 7.85. The number of carbonyl (C=O) groups excluding carboxylic acids is 1. The highest BCUT2D eigenvalue weighted by molar-refractivity contribution is 6.00. The van der Waals surface area contributed by atoms with Crippen molar-refractivity contribution in [3.63, 3.8) is 0 Å². The Bertz CT molecular complexity index is 1110. The number of carbonyl (C=O) groups is 1. The quantitative estimate of drug-likeness (QED) is 0.553. The molecule has 1 heterocycles. The van der Waals surface area contributed by atoms with E-state index in [4.69, 9.17) is 4.74 Å². The van der Waals surface area contributed by atoms with E-state index in [2.05, 4.69) is 10.6 Å². The van der Waals surface area contributed by atoms with Gasteiger partial charge in [0.15, 0.2) is 5.67 Å². The summed E-state index contributed by atoms with van der Waals surface area (Å²) in [4.78, 5) is 12.6. The molecule has 1 aliphatic rings. The lowest BCUT2D eigenvalue weighted by atomic mass is 9.91. The van der Waals surface area contributed by atoms with Crippen LogP contribution < -0.4 is 15.4 Å². The second-order valence-electron chi connectivity index (χ2n) is 7.65. The van der Waals surface area contributed by atoms with Gasteiger partial charge >= 0.3 is 6.18 Å². The van der Waals surface area contributed by atoms with E-state index < -0.39 is 23.5 Å². The van der Waals surface area contributed by atoms with E-state index in [0.29, 0.717) is 22.1 Å². The molecule has 4 rings (SSSR count). The van der Waals surface area contributed by atoms with Crippen LogP contribution in [0.1, 0.15) is 22.8 Å². The summed E-state index contributed by atoms with van der Waals surface area (Å²) in [7, 11) is 0. The summed E-state index contributed by atoms with van der Waals surface area (Å²) in [5, 5.41) is 6.96. The number of ether oxygens (including phenoxy) is 1. The van der Waals surface area contributed by atoms with Gasteiger partial charge in [0, 0.05) is 24.0 Å². The maximum absolute atomic E-state index is 14.4. The van der Waals surface area contributed by atoms with Gasteiger partial charge in [-0.1, -0.05) is 12.1 Å². The summed E-state index contributed by atoms with van der Waals surface area (Å²) in [5.74, 6) is 0.326. The van der Waals surface area contributed by atoms with Crippen LogP contribution in [0, 0.1) is 0 Å². The fourth-order valence-electron chi connectivity index (χ4n) is 3.40. The van der Waals surface area contributed by atoms with Crippen molar-refractivity contribution in [3.05, 3.63) is 71.8 Å². The Balaban J connectivity index is 1.53. The molecule has 0 spiro atoms. The Morgan fingerprint density at radius 3 is 2.42 bits per heavy atom. The van der Waals surface area contributed by atoms with Crippen LogP contribution in [0.15, 0.2) is 60.7 Å². The highest BCUT2D eigenvalue weighted by Gasteiger charge is 2.43. The van der Waals surface area contributed by atoms with Crippen LogP contribution >= 0.6 is 0 Å². The molecule has 1 fully saturated rings. The van der Waals surface area contributed by atoms with Crippen LogP contribution in [0.25, 0.3) is 10.8 Å². The molecule has 0 aliphatic carbocycles. The molecular weight excluding hydrogens is 412 g/mol. The van der Waals surface area contributed by atoms with Crippen LogP contribution in [0.2, 0.25) is 0 Å². The summed E-state index contributed by atoms with van der Waals surface area (Å²) >= 11 is 0. The smallest absolute Gasteiger partial charge is 0.416 e. The van der Waals surface area contributed by atoms with Gasteiger partial charge in [-0.2, -0.15) is 13.2 Å². The third-order valence-corrected chi connectivity index (χ3v) is 5.47. The van der Waals surface area contributed by atoms with Gasteiger partial charge in [0.1, 0.15) is 11.5 Å². The molecule has 1 aliphatic heterocycles. The molecule has 1 amide bonds. The molecule has 1 atom stereocenters. The van der Waals surface area contributed by atoms with Gasteiger partial charge in [-0.3, -0.25) is 4.79 Å². The number of halogens is 4. The third-order valence-electron chi connectivity index (χ3n) is 5.47. The molecule has 0 aromatic heterocycles. The van der Waals surface area contributed by atoms with E-state index in [-0.39, 0.29) is 24.7 Å². The van der Waals surface area contributed by atoms with E-state index in [1.807, 2.05) is 0 Å². The number of hydrogen-bond acceptors (Lipinski definition) is 3. The SMILES string of the molecule is CC(NC(=O)c1ccc2c(Oc3ccc(C(F)(F)F)cc3)cccc2c1)C1(F)CNC1. The summed E-state index contributed by atoms with van der Waals surface area (Å²) in [5.41, 5.74) is -1.83. The number of fused-ring (bicyclic) bond motifs is 1. The number of nitrogens with one attached hydrogen (secondary N) is 2. The fourth-order valence-corrected chi connectivity index (χ4v) is 3.40. The zero-order valence-corrected chi connectivity index (χ0v) is 16.6. The first-order chi connectivity index (χ1) is 14.7. The molecular formula is C23H20F4N2O2. The average Bonchev–Trinajstić information content (AvgIpc) is 2.71. The van der Waals surface area contributed by atoms with Gasteiger partial charge in [-0.25, -0.2) is 4.39 Å². The number of amides is 1. The fraction of sp³-hybridized carbons (Fsp3) is 0.261. The first kappa shape index (κ1) is 21.1. The molecule has 4 nitrogen and oxygen atoms in total. The van der Waals surface area contributed by atoms with Gasteiger partial charge in [-0.15, -0.1) is 0 Å². The summed E-state index contributed by atoms with van der Waals surface area (Å²) in [6.07, 6.45) is -4.41. The zero-order valence-electron chi connectivity index (χ0n) is 16.6. The van der Waals surface area contributed by atoms with Crippen molar-refractivity contribution in [2.24, 2.45) is 0 Å². The minimum absolute atomic E-state index is 0.205. The lowest BCUT2D eigenvalue weighted by Crippen LogP contribution is -2.66. The minimum atomic E-state index is -4.41. The first-order valence-corrected chi connectivity index (χ1v) is 9.74. The predicted octanol–water partition coefficient (Wildman–Crippen LogP) is 5.08. The van der Waals surface area contributed by atoms with Gasteiger partial charge in [0.25, 0.3) is 5.91 Å². The van der Waals surface area contributed by atoms with Crippen molar-refractivity contribution in [2.45, 2.75) is 24.8 Å². The third kappa shape index (κ3) is 4.34. The lowest BCUT2D eigenvalue weighted by Gasteiger charge is -2.40. The van der Waals surface area contributed by atoms with Crippen LogP contribution in [0.5, 0.6) is 11.5 Å². The molecule has 3 aromatic rings. The topological polar surface area (TPSA) is 50.4 Å². The van der Waals surface area contributed by atoms with Gasteiger partial charge in [0.05, 0.1) is 11.6 Å². The normalized spacial score (nSPS) is 16.4. The first-order valence-electron chi connectivity index (χ1n) is 9.74. The Morgan fingerprint density at radius 2 is 1.81 bits per heavy atom. The van der Waals surface area contributed by atoms with E-state index in [0.717, 1.165) is 12.1 Å². The van der Waals surface area contributed by atoms with E-state index in [1.165, 1.54) is 12.1 Å². The molecule has 31 heavy (non-hydrogen) atoms. The molecule has 162 valence electrons. The van der Waals surface area contributed by atoms with E-state index >= 15 is 0 Å². The molecule has 0 bridgehead atoms. The number of hydrogen-bond donors (Lipinski definition) is 2. The van der Waals surface area contributed by atoms with Crippen molar-refractivity contribution in [1.82, 2.24) is 10.6 Å². The van der Waals surface area contributed by atoms with Crippen LogP contribution in [-0.4, -0.2) is 30.7 Å². The largest absolute Gasteiger partial charge is 0.457 e. The standard InChI is InChI=1S/C23H20F4N2O2/c1-14(22(24)12-28-13-22)29-21(30)16-5-10-19-15(11-16)3-2-4-20(19)31-18-8-6-17(7-9-18)23(25,26)27/h2-11,14,28H,12-13H2,1H3,(H,29,30). The maximum Gasteiger partial charge on any atom is 0.416 e. The highest BCUT2D eigenvalue weighted by atomic mass is 19.4. The van der Waals surface area contributed by atoms with Crippen molar-refractivity contribution >= 4 is 16.7 Å². The maximum atomic E-state index is 14.4. The van der Waals surface area contributed by atoms with Gasteiger partial charge in [-0.05, 0) is 60.8 Å². The van der Waals surface area contributed by atoms with Crippen molar-refractivity contribution < 1.29 is 27.1 Å². The van der Waals surface area contributed by atoms with Crippen molar-refractivity contribution in [3.8, 4) is 11.5 Å². The van der Waals surface area contributed by atoms with Crippen LogP contribution in [-0.2, 0) is 6.18 Å². The zero-order chi connectivity index (χ0) is 22.2. The van der Waals surface area contributed by atoms with Gasteiger partial charge in [0.2, 0.25) is 0 Å². The summed E-state index contributed by atoms with van der Waals surface area (Å²) in [6, 6.07) is 14.0. The van der Waals surface area contributed by atoms with E-state index in [1.54, 1.807) is 43.3 Å². The average molecular weight is 432 g/mol. The summed E-state index contributed by atoms with van der Waals surface area (Å²) < 4.78 is 58.4. The van der Waals surface area contributed by atoms with Crippen LogP contribution in [0.4, 0.5) is 17.6 Å². The van der Waals surface area contributed by atoms with Crippen molar-refractivity contribution in [2.75, 3.05) is 13.1 Å². The monoisotopic (exact) mass is 432 g/mol. The molecule has 0 saturated carbocycles. The van der Waals surface area contributed by atoms with Crippen LogP contribution in [0.3, 0.4) is 0 Å². The van der Waals surface area contributed by atoms with Gasteiger partial charge < -0.3 is 15.4 Å². The lowest BCUT2D eigenvalue weighted by molar-refractivity contribution is -0.137. The Morgan fingerprint density at radius 1 is 1.10 bits per heavy atom. The second-order valence-corrected chi connectivity index (χ2v) is 7.65. The molecule has 1 unspecified atom stereocenters. The van der Waals surface area contributed by atoms with E-state index in [9.17, 15) is 22.4 Å². The molecule has 1 saturated heterocycles. The number of benzene rings is 3. The summed E-state index contributed by atoms with van der Waals surface area (Å²) in [6.45, 7) is 2.05. The van der Waals surface area contributed by atoms with Crippen molar-refractivity contribution in [1.29, 1.82) is 0 Å². The predicted molar refractivity (Wildman–Crippen MR) is 109 cm³/mol. The number of alkyl halides is 4. The number of rotatable bonds is 5. The minimum Gasteiger partial charge on any atom is -0.457 e.